The minimum Gasteiger partial charge on any atom is -0.493 e. The third-order valence-corrected chi connectivity index (χ3v) is 4.74. The van der Waals surface area contributed by atoms with Crippen molar-refractivity contribution in [2.45, 2.75) is 20.0 Å². The zero-order chi connectivity index (χ0) is 20.3. The van der Waals surface area contributed by atoms with Crippen LogP contribution >= 0.6 is 15.9 Å². The molecule has 28 heavy (non-hydrogen) atoms. The lowest BCUT2D eigenvalue weighted by atomic mass is 10.1. The minimum atomic E-state index is -2.94. The maximum Gasteiger partial charge on any atom is 0.387 e. The number of carbonyl (C=O) groups is 1. The lowest BCUT2D eigenvalue weighted by molar-refractivity contribution is -0.0512. The molecular formula is C20H18BrF2NO4. The Balaban J connectivity index is 1.66. The van der Waals surface area contributed by atoms with E-state index in [-0.39, 0.29) is 23.2 Å². The number of benzene rings is 2. The van der Waals surface area contributed by atoms with E-state index in [0.29, 0.717) is 18.5 Å². The van der Waals surface area contributed by atoms with Gasteiger partial charge in [0.1, 0.15) is 5.58 Å². The summed E-state index contributed by atoms with van der Waals surface area (Å²) in [5, 5.41) is 3.65. The summed E-state index contributed by atoms with van der Waals surface area (Å²) in [6, 6.07) is 10.3. The Labute approximate surface area is 168 Å². The summed E-state index contributed by atoms with van der Waals surface area (Å²) in [6.45, 7) is -0.815. The molecule has 0 radical (unpaired) electrons. The standard InChI is InChI=1S/C20H18BrF2NO4/c1-11-14-10-13(21)4-6-15(14)27-18(11)19(25)24-8-7-12-3-5-16(26-2)17(9-12)28-20(22)23/h3-6,9-10,20H,7-8H2,1-2H3,(H,24,25). The number of alkyl halides is 2. The molecule has 0 aliphatic carbocycles. The third kappa shape index (κ3) is 4.44. The van der Waals surface area contributed by atoms with Crippen LogP contribution in [0.1, 0.15) is 21.7 Å². The van der Waals surface area contributed by atoms with Gasteiger partial charge in [-0.3, -0.25) is 4.79 Å². The van der Waals surface area contributed by atoms with Gasteiger partial charge in [-0.2, -0.15) is 8.78 Å². The van der Waals surface area contributed by atoms with Crippen molar-refractivity contribution < 1.29 is 27.5 Å². The van der Waals surface area contributed by atoms with Gasteiger partial charge in [-0.15, -0.1) is 0 Å². The zero-order valence-electron chi connectivity index (χ0n) is 15.2. The van der Waals surface area contributed by atoms with Crippen molar-refractivity contribution in [3.63, 3.8) is 0 Å². The Kier molecular flexibility index (Phi) is 6.18. The third-order valence-electron chi connectivity index (χ3n) is 4.25. The van der Waals surface area contributed by atoms with Gasteiger partial charge in [0.25, 0.3) is 5.91 Å². The highest BCUT2D eigenvalue weighted by Gasteiger charge is 2.17. The van der Waals surface area contributed by atoms with E-state index in [0.717, 1.165) is 21.0 Å². The van der Waals surface area contributed by atoms with E-state index in [2.05, 4.69) is 26.0 Å². The monoisotopic (exact) mass is 453 g/mol. The highest BCUT2D eigenvalue weighted by Crippen LogP contribution is 2.30. The number of carbonyl (C=O) groups excluding carboxylic acids is 1. The lowest BCUT2D eigenvalue weighted by Gasteiger charge is -2.11. The summed E-state index contributed by atoms with van der Waals surface area (Å²) < 4.78 is 41.1. The van der Waals surface area contributed by atoms with Crippen LogP contribution in [0.15, 0.2) is 45.3 Å². The van der Waals surface area contributed by atoms with Crippen molar-refractivity contribution in [3.05, 3.63) is 57.8 Å². The number of ether oxygens (including phenoxy) is 2. The average Bonchev–Trinajstić information content (AvgIpc) is 2.98. The summed E-state index contributed by atoms with van der Waals surface area (Å²) in [4.78, 5) is 12.5. The predicted octanol–water partition coefficient (Wildman–Crippen LogP) is 5.09. The Morgan fingerprint density at radius 3 is 2.71 bits per heavy atom. The molecule has 0 atom stereocenters. The highest BCUT2D eigenvalue weighted by molar-refractivity contribution is 9.10. The first kappa shape index (κ1) is 20.1. The summed E-state index contributed by atoms with van der Waals surface area (Å²) >= 11 is 3.40. The Hall–Kier alpha value is -2.61. The second kappa shape index (κ2) is 8.60. The number of rotatable bonds is 7. The molecule has 0 saturated carbocycles. The highest BCUT2D eigenvalue weighted by atomic mass is 79.9. The Morgan fingerprint density at radius 1 is 1.21 bits per heavy atom. The van der Waals surface area contributed by atoms with E-state index >= 15 is 0 Å². The molecule has 0 bridgehead atoms. The van der Waals surface area contributed by atoms with Crippen molar-refractivity contribution in [3.8, 4) is 11.5 Å². The topological polar surface area (TPSA) is 60.7 Å². The summed E-state index contributed by atoms with van der Waals surface area (Å²) in [6.07, 6.45) is 0.431. The maximum absolute atomic E-state index is 12.5. The number of nitrogens with one attached hydrogen (secondary N) is 1. The Morgan fingerprint density at radius 2 is 2.00 bits per heavy atom. The largest absolute Gasteiger partial charge is 0.493 e. The van der Waals surface area contributed by atoms with Gasteiger partial charge in [-0.1, -0.05) is 22.0 Å². The fourth-order valence-electron chi connectivity index (χ4n) is 2.88. The molecule has 0 saturated heterocycles. The summed E-state index contributed by atoms with van der Waals surface area (Å²) in [5.41, 5.74) is 2.11. The van der Waals surface area contributed by atoms with Gasteiger partial charge in [-0.05, 0) is 49.2 Å². The van der Waals surface area contributed by atoms with Crippen LogP contribution in [0.25, 0.3) is 11.0 Å². The van der Waals surface area contributed by atoms with E-state index < -0.39 is 6.61 Å². The van der Waals surface area contributed by atoms with Crippen LogP contribution in [-0.2, 0) is 6.42 Å². The number of halogens is 3. The molecule has 0 fully saturated rings. The molecule has 1 heterocycles. The van der Waals surface area contributed by atoms with Gasteiger partial charge in [0.2, 0.25) is 0 Å². The van der Waals surface area contributed by atoms with E-state index in [1.165, 1.54) is 13.2 Å². The normalized spacial score (nSPS) is 11.1. The van der Waals surface area contributed by atoms with E-state index in [1.807, 2.05) is 19.1 Å². The first-order valence-electron chi connectivity index (χ1n) is 8.47. The van der Waals surface area contributed by atoms with Gasteiger partial charge in [-0.25, -0.2) is 0 Å². The smallest absolute Gasteiger partial charge is 0.387 e. The molecule has 5 nitrogen and oxygen atoms in total. The van der Waals surface area contributed by atoms with E-state index in [9.17, 15) is 13.6 Å². The Bertz CT molecular complexity index is 1000. The van der Waals surface area contributed by atoms with Gasteiger partial charge < -0.3 is 19.2 Å². The molecule has 3 rings (SSSR count). The molecule has 1 N–H and O–H groups in total. The second-order valence-corrected chi connectivity index (χ2v) is 6.98. The van der Waals surface area contributed by atoms with Crippen LogP contribution in [0, 0.1) is 6.92 Å². The van der Waals surface area contributed by atoms with Crippen molar-refractivity contribution >= 4 is 32.8 Å². The van der Waals surface area contributed by atoms with Crippen molar-refractivity contribution in [2.24, 2.45) is 0 Å². The fraction of sp³-hybridized carbons (Fsp3) is 0.250. The van der Waals surface area contributed by atoms with Crippen LogP contribution in [0.2, 0.25) is 0 Å². The van der Waals surface area contributed by atoms with Crippen molar-refractivity contribution in [1.29, 1.82) is 0 Å². The molecule has 0 aliphatic heterocycles. The number of hydrogen-bond donors (Lipinski definition) is 1. The molecule has 1 aromatic heterocycles. The fourth-order valence-corrected chi connectivity index (χ4v) is 3.24. The first-order valence-corrected chi connectivity index (χ1v) is 9.27. The number of amides is 1. The van der Waals surface area contributed by atoms with Crippen LogP contribution in [0.5, 0.6) is 11.5 Å². The minimum absolute atomic E-state index is 0.0416. The summed E-state index contributed by atoms with van der Waals surface area (Å²) in [7, 11) is 1.38. The molecule has 0 unspecified atom stereocenters. The lowest BCUT2D eigenvalue weighted by Crippen LogP contribution is -2.25. The van der Waals surface area contributed by atoms with E-state index in [1.54, 1.807) is 18.2 Å². The number of fused-ring (bicyclic) bond motifs is 1. The molecule has 8 heteroatoms. The van der Waals surface area contributed by atoms with Gasteiger partial charge in [0.15, 0.2) is 17.3 Å². The second-order valence-electron chi connectivity index (χ2n) is 6.07. The molecule has 2 aromatic carbocycles. The number of hydrogen-bond acceptors (Lipinski definition) is 4. The van der Waals surface area contributed by atoms with Crippen LogP contribution in [0.3, 0.4) is 0 Å². The number of aryl methyl sites for hydroxylation is 1. The SMILES string of the molecule is COc1ccc(CCNC(=O)c2oc3ccc(Br)cc3c2C)cc1OC(F)F. The molecule has 148 valence electrons. The van der Waals surface area contributed by atoms with Gasteiger partial charge >= 0.3 is 6.61 Å². The molecule has 3 aromatic rings. The van der Waals surface area contributed by atoms with Crippen LogP contribution in [0.4, 0.5) is 8.78 Å². The molecular weight excluding hydrogens is 436 g/mol. The zero-order valence-corrected chi connectivity index (χ0v) is 16.8. The van der Waals surface area contributed by atoms with Gasteiger partial charge in [0.05, 0.1) is 7.11 Å². The van der Waals surface area contributed by atoms with Crippen LogP contribution < -0.4 is 14.8 Å². The molecule has 1 amide bonds. The maximum atomic E-state index is 12.5. The average molecular weight is 454 g/mol. The van der Waals surface area contributed by atoms with Crippen molar-refractivity contribution in [1.82, 2.24) is 5.32 Å². The number of methoxy groups -OCH3 is 1. The first-order chi connectivity index (χ1) is 13.4. The van der Waals surface area contributed by atoms with Gasteiger partial charge in [0, 0.05) is 22.0 Å². The predicted molar refractivity (Wildman–Crippen MR) is 104 cm³/mol. The summed E-state index contributed by atoms with van der Waals surface area (Å²) in [5.74, 6) is 0.101. The quantitative estimate of drug-likeness (QED) is 0.541. The molecule has 0 aliphatic rings. The molecule has 0 spiro atoms. The van der Waals surface area contributed by atoms with Crippen LogP contribution in [-0.4, -0.2) is 26.2 Å². The van der Waals surface area contributed by atoms with Crippen molar-refractivity contribution in [2.75, 3.05) is 13.7 Å². The van der Waals surface area contributed by atoms with E-state index in [4.69, 9.17) is 9.15 Å². The number of furan rings is 1.